The number of carbonyl (C=O) groups excluding carboxylic acids is 1. The van der Waals surface area contributed by atoms with Gasteiger partial charge in [0.15, 0.2) is 9.84 Å². The minimum Gasteiger partial charge on any atom is -0.321 e. The van der Waals surface area contributed by atoms with Gasteiger partial charge in [-0.25, -0.2) is 8.42 Å². The maximum atomic E-state index is 12.1. The Balaban J connectivity index is 2.13. The highest BCUT2D eigenvalue weighted by Crippen LogP contribution is 2.26. The Labute approximate surface area is 142 Å². The lowest BCUT2D eigenvalue weighted by molar-refractivity contribution is 0.102. The fourth-order valence-electron chi connectivity index (χ4n) is 1.84. The van der Waals surface area contributed by atoms with E-state index in [0.29, 0.717) is 21.8 Å². The molecule has 4 nitrogen and oxygen atoms in total. The highest BCUT2D eigenvalue weighted by atomic mass is 79.9. The van der Waals surface area contributed by atoms with Crippen LogP contribution in [0.15, 0.2) is 46.9 Å². The number of nitrogens with one attached hydrogen (secondary N) is 1. The van der Waals surface area contributed by atoms with Crippen LogP contribution in [-0.4, -0.2) is 20.6 Å². The van der Waals surface area contributed by atoms with E-state index in [1.807, 2.05) is 0 Å². The monoisotopic (exact) mass is 401 g/mol. The molecule has 0 atom stereocenters. The molecule has 7 heteroatoms. The van der Waals surface area contributed by atoms with Gasteiger partial charge in [0.05, 0.1) is 16.5 Å². The summed E-state index contributed by atoms with van der Waals surface area (Å²) in [5.41, 5.74) is 1.58. The summed E-state index contributed by atoms with van der Waals surface area (Å²) in [5, 5.41) is 3.14. The molecule has 2 aromatic rings. The van der Waals surface area contributed by atoms with Crippen molar-refractivity contribution in [3.8, 4) is 0 Å². The van der Waals surface area contributed by atoms with Crippen LogP contribution in [0.3, 0.4) is 0 Å². The molecule has 0 aliphatic carbocycles. The van der Waals surface area contributed by atoms with Crippen molar-refractivity contribution in [2.24, 2.45) is 0 Å². The third-order valence-electron chi connectivity index (χ3n) is 2.82. The molecule has 116 valence electrons. The Hall–Kier alpha value is -1.37. The largest absolute Gasteiger partial charge is 0.321 e. The number of rotatable bonds is 4. The van der Waals surface area contributed by atoms with E-state index in [-0.39, 0.29) is 11.7 Å². The van der Waals surface area contributed by atoms with Crippen LogP contribution >= 0.6 is 27.5 Å². The standard InChI is InChI=1S/C15H13BrClNO3S/c1-22(20,21)9-10-2-4-11(5-3-10)15(19)18-14-7-6-12(16)8-13(14)17/h2-8H,9H2,1H3,(H,18,19). The summed E-state index contributed by atoms with van der Waals surface area (Å²) >= 11 is 9.34. The number of halogens is 2. The molecule has 2 aromatic carbocycles. The molecule has 1 amide bonds. The summed E-state index contributed by atoms with van der Waals surface area (Å²) in [4.78, 5) is 12.1. The second-order valence-corrected chi connectivity index (χ2v) is 8.31. The van der Waals surface area contributed by atoms with Crippen molar-refractivity contribution in [2.45, 2.75) is 5.75 Å². The highest BCUT2D eigenvalue weighted by Gasteiger charge is 2.10. The minimum absolute atomic E-state index is 0.0482. The van der Waals surface area contributed by atoms with Crippen LogP contribution in [0.4, 0.5) is 5.69 Å². The van der Waals surface area contributed by atoms with Crippen molar-refractivity contribution in [2.75, 3.05) is 11.6 Å². The van der Waals surface area contributed by atoms with Crippen molar-refractivity contribution in [1.29, 1.82) is 0 Å². The van der Waals surface area contributed by atoms with Gasteiger partial charge in [-0.05, 0) is 35.9 Å². The van der Waals surface area contributed by atoms with Crippen LogP contribution in [0, 0.1) is 0 Å². The van der Waals surface area contributed by atoms with Gasteiger partial charge in [-0.3, -0.25) is 4.79 Å². The molecule has 0 spiro atoms. The van der Waals surface area contributed by atoms with Crippen molar-refractivity contribution >= 4 is 49.0 Å². The van der Waals surface area contributed by atoms with Gasteiger partial charge < -0.3 is 5.32 Å². The highest BCUT2D eigenvalue weighted by molar-refractivity contribution is 9.10. The van der Waals surface area contributed by atoms with Crippen molar-refractivity contribution in [3.05, 3.63) is 63.1 Å². The van der Waals surface area contributed by atoms with Gasteiger partial charge in [0.1, 0.15) is 0 Å². The molecule has 0 aromatic heterocycles. The predicted octanol–water partition coefficient (Wildman–Crippen LogP) is 3.90. The molecule has 0 unspecified atom stereocenters. The smallest absolute Gasteiger partial charge is 0.255 e. The second kappa shape index (κ2) is 6.81. The fraction of sp³-hybridized carbons (Fsp3) is 0.133. The summed E-state index contributed by atoms with van der Waals surface area (Å²) in [6.07, 6.45) is 1.17. The molecule has 0 saturated carbocycles. The van der Waals surface area contributed by atoms with Crippen LogP contribution in [-0.2, 0) is 15.6 Å². The Kier molecular flexibility index (Phi) is 5.26. The van der Waals surface area contributed by atoms with E-state index in [4.69, 9.17) is 11.6 Å². The van der Waals surface area contributed by atoms with Crippen LogP contribution in [0.2, 0.25) is 5.02 Å². The molecule has 0 bridgehead atoms. The molecule has 0 heterocycles. The van der Waals surface area contributed by atoms with E-state index in [1.54, 1.807) is 42.5 Å². The first-order valence-corrected chi connectivity index (χ1v) is 9.51. The average Bonchev–Trinajstić information content (AvgIpc) is 2.41. The Morgan fingerprint density at radius 3 is 2.36 bits per heavy atom. The Morgan fingerprint density at radius 1 is 1.18 bits per heavy atom. The van der Waals surface area contributed by atoms with E-state index >= 15 is 0 Å². The summed E-state index contributed by atoms with van der Waals surface area (Å²) < 4.78 is 23.3. The van der Waals surface area contributed by atoms with Crippen LogP contribution in [0.25, 0.3) is 0 Å². The van der Waals surface area contributed by atoms with E-state index in [0.717, 1.165) is 4.47 Å². The van der Waals surface area contributed by atoms with E-state index in [1.165, 1.54) is 6.26 Å². The number of anilines is 1. The van der Waals surface area contributed by atoms with E-state index in [2.05, 4.69) is 21.2 Å². The second-order valence-electron chi connectivity index (χ2n) is 4.85. The van der Waals surface area contributed by atoms with Crippen LogP contribution in [0.5, 0.6) is 0 Å². The zero-order chi connectivity index (χ0) is 16.3. The van der Waals surface area contributed by atoms with Gasteiger partial charge in [0.2, 0.25) is 0 Å². The molecule has 0 aliphatic heterocycles. The topological polar surface area (TPSA) is 63.2 Å². The molecular formula is C15H13BrClNO3S. The molecule has 0 fully saturated rings. The normalized spacial score (nSPS) is 11.2. The molecule has 0 saturated heterocycles. The number of benzene rings is 2. The number of hydrogen-bond donors (Lipinski definition) is 1. The summed E-state index contributed by atoms with van der Waals surface area (Å²) in [6.45, 7) is 0. The van der Waals surface area contributed by atoms with Crippen molar-refractivity contribution in [3.63, 3.8) is 0 Å². The van der Waals surface area contributed by atoms with Gasteiger partial charge >= 0.3 is 0 Å². The third kappa shape index (κ3) is 4.83. The SMILES string of the molecule is CS(=O)(=O)Cc1ccc(C(=O)Nc2ccc(Br)cc2Cl)cc1. The van der Waals surface area contributed by atoms with Gasteiger partial charge in [0, 0.05) is 16.3 Å². The summed E-state index contributed by atoms with van der Waals surface area (Å²) in [5.74, 6) is -0.358. The molecule has 0 radical (unpaired) electrons. The Morgan fingerprint density at radius 2 is 1.82 bits per heavy atom. The van der Waals surface area contributed by atoms with Gasteiger partial charge in [-0.2, -0.15) is 0 Å². The first-order valence-electron chi connectivity index (χ1n) is 6.28. The molecule has 22 heavy (non-hydrogen) atoms. The van der Waals surface area contributed by atoms with E-state index in [9.17, 15) is 13.2 Å². The lowest BCUT2D eigenvalue weighted by Gasteiger charge is -2.08. The maximum Gasteiger partial charge on any atom is 0.255 e. The first kappa shape index (κ1) is 17.0. The molecular weight excluding hydrogens is 390 g/mol. The number of sulfone groups is 1. The first-order chi connectivity index (χ1) is 10.2. The number of hydrogen-bond acceptors (Lipinski definition) is 3. The zero-order valence-corrected chi connectivity index (χ0v) is 14.8. The fourth-order valence-corrected chi connectivity index (χ4v) is 3.36. The summed E-state index contributed by atoms with van der Waals surface area (Å²) in [6, 6.07) is 11.6. The minimum atomic E-state index is -3.09. The average molecular weight is 403 g/mol. The Bertz CT molecular complexity index is 804. The lowest BCUT2D eigenvalue weighted by atomic mass is 10.1. The molecule has 1 N–H and O–H groups in total. The van der Waals surface area contributed by atoms with Gasteiger partial charge in [-0.1, -0.05) is 39.7 Å². The third-order valence-corrected chi connectivity index (χ3v) is 4.49. The van der Waals surface area contributed by atoms with Crippen molar-refractivity contribution in [1.82, 2.24) is 0 Å². The number of carbonyl (C=O) groups is 1. The zero-order valence-electron chi connectivity index (χ0n) is 11.6. The summed E-state index contributed by atoms with van der Waals surface area (Å²) in [7, 11) is -3.09. The predicted molar refractivity (Wildman–Crippen MR) is 92.1 cm³/mol. The van der Waals surface area contributed by atoms with Crippen LogP contribution in [0.1, 0.15) is 15.9 Å². The van der Waals surface area contributed by atoms with Gasteiger partial charge in [-0.15, -0.1) is 0 Å². The molecule has 0 aliphatic rings. The quantitative estimate of drug-likeness (QED) is 0.843. The van der Waals surface area contributed by atoms with Crippen LogP contribution < -0.4 is 5.32 Å². The number of amides is 1. The van der Waals surface area contributed by atoms with E-state index < -0.39 is 9.84 Å². The lowest BCUT2D eigenvalue weighted by Crippen LogP contribution is -2.12. The van der Waals surface area contributed by atoms with Gasteiger partial charge in [0.25, 0.3) is 5.91 Å². The molecule has 2 rings (SSSR count). The maximum absolute atomic E-state index is 12.1. The van der Waals surface area contributed by atoms with Crippen molar-refractivity contribution < 1.29 is 13.2 Å².